The summed E-state index contributed by atoms with van der Waals surface area (Å²) in [6.07, 6.45) is 2.34. The van der Waals surface area contributed by atoms with Crippen LogP contribution in [0.25, 0.3) is 10.9 Å². The molecule has 3 aromatic rings. The van der Waals surface area contributed by atoms with E-state index in [2.05, 4.69) is 15.6 Å². The molecular formula is C20H23N3O2S. The largest absolute Gasteiger partial charge is 0.361 e. The predicted molar refractivity (Wildman–Crippen MR) is 105 cm³/mol. The maximum absolute atomic E-state index is 12.7. The van der Waals surface area contributed by atoms with Gasteiger partial charge in [0.2, 0.25) is 5.91 Å². The van der Waals surface area contributed by atoms with Crippen LogP contribution in [0.3, 0.4) is 0 Å². The first-order valence-electron chi connectivity index (χ1n) is 8.71. The zero-order valence-electron chi connectivity index (χ0n) is 14.9. The lowest BCUT2D eigenvalue weighted by molar-refractivity contribution is -0.123. The number of H-pyrrole nitrogens is 1. The van der Waals surface area contributed by atoms with E-state index in [1.807, 2.05) is 55.8 Å². The van der Waals surface area contributed by atoms with Crippen molar-refractivity contribution in [2.45, 2.75) is 26.3 Å². The summed E-state index contributed by atoms with van der Waals surface area (Å²) < 4.78 is 0. The Morgan fingerprint density at radius 2 is 1.96 bits per heavy atom. The van der Waals surface area contributed by atoms with Gasteiger partial charge < -0.3 is 15.6 Å². The minimum absolute atomic E-state index is 0.158. The number of rotatable bonds is 7. The van der Waals surface area contributed by atoms with Gasteiger partial charge >= 0.3 is 0 Å². The Kier molecular flexibility index (Phi) is 5.73. The third kappa shape index (κ3) is 4.32. The molecule has 0 spiro atoms. The number of hydrogen-bond donors (Lipinski definition) is 3. The van der Waals surface area contributed by atoms with Crippen LogP contribution in [0.4, 0.5) is 0 Å². The van der Waals surface area contributed by atoms with Gasteiger partial charge in [-0.1, -0.05) is 38.1 Å². The molecule has 0 fully saturated rings. The molecule has 6 heteroatoms. The summed E-state index contributed by atoms with van der Waals surface area (Å²) in [5.74, 6) is -0.0286. The number of aromatic amines is 1. The number of fused-ring (bicyclic) bond motifs is 1. The van der Waals surface area contributed by atoms with Gasteiger partial charge in [-0.25, -0.2) is 0 Å². The molecule has 0 aliphatic carbocycles. The van der Waals surface area contributed by atoms with E-state index in [4.69, 9.17) is 0 Å². The highest BCUT2D eigenvalue weighted by Gasteiger charge is 2.23. The second kappa shape index (κ2) is 8.19. The standard InChI is InChI=1S/C20H23N3O2S/c1-13(2)11-22-19(24)17(23-20(25)18-8-5-9-26-18)10-14-12-21-16-7-4-3-6-15(14)16/h3-9,12-13,17,21H,10-11H2,1-2H3,(H,22,24)(H,23,25)/t17-/m0/s1. The molecule has 0 unspecified atom stereocenters. The molecule has 1 aromatic carbocycles. The van der Waals surface area contributed by atoms with Gasteiger partial charge in [0, 0.05) is 30.1 Å². The third-order valence-corrected chi connectivity index (χ3v) is 5.02. The first-order valence-corrected chi connectivity index (χ1v) is 9.59. The van der Waals surface area contributed by atoms with Gasteiger partial charge in [0.25, 0.3) is 5.91 Å². The van der Waals surface area contributed by atoms with Crippen molar-refractivity contribution in [2.24, 2.45) is 5.92 Å². The third-order valence-electron chi connectivity index (χ3n) is 4.15. The van der Waals surface area contributed by atoms with E-state index in [9.17, 15) is 9.59 Å². The van der Waals surface area contributed by atoms with Crippen LogP contribution in [0.5, 0.6) is 0 Å². The van der Waals surface area contributed by atoms with Crippen molar-refractivity contribution in [1.82, 2.24) is 15.6 Å². The Morgan fingerprint density at radius 3 is 2.69 bits per heavy atom. The van der Waals surface area contributed by atoms with E-state index in [0.717, 1.165) is 16.5 Å². The quantitative estimate of drug-likeness (QED) is 0.597. The Balaban J connectivity index is 1.79. The first kappa shape index (κ1) is 18.2. The smallest absolute Gasteiger partial charge is 0.262 e. The predicted octanol–water partition coefficient (Wildman–Crippen LogP) is 3.34. The molecule has 26 heavy (non-hydrogen) atoms. The Labute approximate surface area is 156 Å². The van der Waals surface area contributed by atoms with Gasteiger partial charge in [0.05, 0.1) is 4.88 Å². The average molecular weight is 369 g/mol. The van der Waals surface area contributed by atoms with Crippen molar-refractivity contribution in [3.05, 3.63) is 58.4 Å². The number of thiophene rings is 1. The molecule has 1 atom stereocenters. The van der Waals surface area contributed by atoms with Crippen LogP contribution >= 0.6 is 11.3 Å². The van der Waals surface area contributed by atoms with Crippen molar-refractivity contribution < 1.29 is 9.59 Å². The molecule has 136 valence electrons. The van der Waals surface area contributed by atoms with E-state index in [1.165, 1.54) is 11.3 Å². The second-order valence-electron chi connectivity index (χ2n) is 6.71. The summed E-state index contributed by atoms with van der Waals surface area (Å²) in [7, 11) is 0. The molecule has 3 rings (SSSR count). The lowest BCUT2D eigenvalue weighted by Gasteiger charge is -2.19. The van der Waals surface area contributed by atoms with E-state index in [0.29, 0.717) is 23.8 Å². The minimum atomic E-state index is -0.623. The van der Waals surface area contributed by atoms with Crippen molar-refractivity contribution in [3.63, 3.8) is 0 Å². The molecule has 0 saturated heterocycles. The molecule has 2 aromatic heterocycles. The highest BCUT2D eigenvalue weighted by atomic mass is 32.1. The molecule has 0 bridgehead atoms. The molecule has 2 heterocycles. The zero-order chi connectivity index (χ0) is 18.5. The van der Waals surface area contributed by atoms with Crippen LogP contribution in [-0.4, -0.2) is 29.4 Å². The first-order chi connectivity index (χ1) is 12.5. The average Bonchev–Trinajstić information content (AvgIpc) is 3.29. The van der Waals surface area contributed by atoms with Crippen molar-refractivity contribution in [2.75, 3.05) is 6.54 Å². The van der Waals surface area contributed by atoms with Crippen LogP contribution in [-0.2, 0) is 11.2 Å². The number of benzene rings is 1. The Bertz CT molecular complexity index is 883. The van der Waals surface area contributed by atoms with Crippen LogP contribution in [0.2, 0.25) is 0 Å². The number of carbonyl (C=O) groups excluding carboxylic acids is 2. The number of nitrogens with one attached hydrogen (secondary N) is 3. The van der Waals surface area contributed by atoms with Gasteiger partial charge in [-0.15, -0.1) is 11.3 Å². The van der Waals surface area contributed by atoms with E-state index in [-0.39, 0.29) is 11.8 Å². The van der Waals surface area contributed by atoms with Gasteiger partial charge in [-0.05, 0) is 29.0 Å². The molecule has 0 aliphatic heterocycles. The monoisotopic (exact) mass is 369 g/mol. The summed E-state index contributed by atoms with van der Waals surface area (Å²) in [5.41, 5.74) is 2.03. The fraction of sp³-hybridized carbons (Fsp3) is 0.300. The summed E-state index contributed by atoms with van der Waals surface area (Å²) in [6.45, 7) is 4.66. The summed E-state index contributed by atoms with van der Waals surface area (Å²) in [5, 5.41) is 8.74. The Hall–Kier alpha value is -2.60. The fourth-order valence-electron chi connectivity index (χ4n) is 2.79. The van der Waals surface area contributed by atoms with Gasteiger partial charge in [0.1, 0.15) is 6.04 Å². The number of hydrogen-bond acceptors (Lipinski definition) is 3. The van der Waals surface area contributed by atoms with Crippen LogP contribution in [0, 0.1) is 5.92 Å². The molecule has 5 nitrogen and oxygen atoms in total. The van der Waals surface area contributed by atoms with Crippen molar-refractivity contribution in [3.8, 4) is 0 Å². The van der Waals surface area contributed by atoms with E-state index in [1.54, 1.807) is 6.07 Å². The maximum atomic E-state index is 12.7. The molecule has 2 amide bonds. The van der Waals surface area contributed by atoms with Crippen LogP contribution in [0.1, 0.15) is 29.1 Å². The maximum Gasteiger partial charge on any atom is 0.262 e. The molecule has 3 N–H and O–H groups in total. The number of carbonyl (C=O) groups is 2. The van der Waals surface area contributed by atoms with Crippen molar-refractivity contribution in [1.29, 1.82) is 0 Å². The molecule has 0 aliphatic rings. The highest BCUT2D eigenvalue weighted by Crippen LogP contribution is 2.19. The van der Waals surface area contributed by atoms with E-state index >= 15 is 0 Å². The van der Waals surface area contributed by atoms with Gasteiger partial charge in [-0.3, -0.25) is 9.59 Å². The SMILES string of the molecule is CC(C)CNC(=O)[C@H](Cc1c[nH]c2ccccc12)NC(=O)c1cccs1. The van der Waals surface area contributed by atoms with Gasteiger partial charge in [0.15, 0.2) is 0 Å². The number of amides is 2. The highest BCUT2D eigenvalue weighted by molar-refractivity contribution is 7.12. The molecular weight excluding hydrogens is 346 g/mol. The molecule has 0 saturated carbocycles. The molecule has 0 radical (unpaired) electrons. The van der Waals surface area contributed by atoms with Crippen LogP contribution < -0.4 is 10.6 Å². The number of para-hydroxylation sites is 1. The topological polar surface area (TPSA) is 74.0 Å². The zero-order valence-corrected chi connectivity index (χ0v) is 15.7. The fourth-order valence-corrected chi connectivity index (χ4v) is 3.42. The summed E-state index contributed by atoms with van der Waals surface area (Å²) >= 11 is 1.36. The van der Waals surface area contributed by atoms with Crippen LogP contribution in [0.15, 0.2) is 48.0 Å². The van der Waals surface area contributed by atoms with Gasteiger partial charge in [-0.2, -0.15) is 0 Å². The lowest BCUT2D eigenvalue weighted by atomic mass is 10.0. The van der Waals surface area contributed by atoms with E-state index < -0.39 is 6.04 Å². The lowest BCUT2D eigenvalue weighted by Crippen LogP contribution is -2.48. The summed E-state index contributed by atoms with van der Waals surface area (Å²) in [4.78, 5) is 29.0. The summed E-state index contributed by atoms with van der Waals surface area (Å²) in [6, 6.07) is 10.9. The number of aromatic nitrogens is 1. The Morgan fingerprint density at radius 1 is 1.15 bits per heavy atom. The normalized spacial score (nSPS) is 12.3. The van der Waals surface area contributed by atoms with Crippen molar-refractivity contribution >= 4 is 34.1 Å². The minimum Gasteiger partial charge on any atom is -0.361 e. The second-order valence-corrected chi connectivity index (χ2v) is 7.65.